The third-order valence-electron chi connectivity index (χ3n) is 7.97. The van der Waals surface area contributed by atoms with Crippen molar-refractivity contribution in [3.63, 3.8) is 0 Å². The minimum Gasteiger partial charge on any atom is -0.488 e. The first-order valence-corrected chi connectivity index (χ1v) is 16.8. The highest BCUT2D eigenvalue weighted by Gasteiger charge is 2.26. The summed E-state index contributed by atoms with van der Waals surface area (Å²) in [6.45, 7) is 6.79. The molecule has 2 aliphatic rings. The van der Waals surface area contributed by atoms with Crippen LogP contribution in [0.1, 0.15) is 40.2 Å². The molecule has 0 aromatic carbocycles. The van der Waals surface area contributed by atoms with E-state index in [0.29, 0.717) is 44.0 Å². The zero-order chi connectivity index (χ0) is 35.8. The van der Waals surface area contributed by atoms with Crippen LogP contribution in [0.2, 0.25) is 10.0 Å². The number of hydrogen-bond donors (Lipinski definition) is 3. The maximum absolute atomic E-state index is 13.3. The molecule has 0 aliphatic carbocycles. The van der Waals surface area contributed by atoms with Gasteiger partial charge in [0.05, 0.1) is 36.0 Å². The molecule has 18 heteroatoms. The summed E-state index contributed by atoms with van der Waals surface area (Å²) in [6.07, 6.45) is 3.42. The molecule has 5 heterocycles. The van der Waals surface area contributed by atoms with Gasteiger partial charge in [-0.25, -0.2) is 14.8 Å². The van der Waals surface area contributed by atoms with Crippen LogP contribution in [0, 0.1) is 11.3 Å². The van der Waals surface area contributed by atoms with Gasteiger partial charge < -0.3 is 19.1 Å². The number of urea groups is 1. The fourth-order valence-corrected chi connectivity index (χ4v) is 6.21. The molecular weight excluding hydrogens is 709 g/mol. The van der Waals surface area contributed by atoms with Gasteiger partial charge in [0.1, 0.15) is 41.6 Å². The van der Waals surface area contributed by atoms with Crippen molar-refractivity contribution in [1.29, 1.82) is 5.26 Å². The Morgan fingerprint density at radius 3 is 2.52 bits per heavy atom. The van der Waals surface area contributed by atoms with Gasteiger partial charge in [-0.1, -0.05) is 35.8 Å². The number of nitrogens with one attached hydrogen (secondary N) is 2. The second-order valence-electron chi connectivity index (χ2n) is 11.5. The van der Waals surface area contributed by atoms with Gasteiger partial charge >= 0.3 is 6.03 Å². The molecule has 2 fully saturated rings. The number of thiol groups is 1. The van der Waals surface area contributed by atoms with E-state index in [-0.39, 0.29) is 70.0 Å². The number of halogens is 2. The lowest BCUT2D eigenvalue weighted by Gasteiger charge is -2.32. The topological polar surface area (TPSA) is 175 Å². The molecule has 0 saturated carbocycles. The van der Waals surface area contributed by atoms with Gasteiger partial charge in [-0.3, -0.25) is 35.0 Å². The van der Waals surface area contributed by atoms with Crippen molar-refractivity contribution in [2.24, 2.45) is 0 Å². The highest BCUT2D eigenvalue weighted by molar-refractivity contribution is 7.97. The number of amides is 3. The molecule has 0 spiro atoms. The number of pyridine rings is 3. The molecule has 1 atom stereocenters. The Hall–Kier alpha value is -4.24. The third-order valence-corrected chi connectivity index (χ3v) is 8.78. The molecule has 3 aromatic rings. The van der Waals surface area contributed by atoms with Crippen LogP contribution >= 0.6 is 35.8 Å². The number of carbonyl (C=O) groups excluding carboxylic acids is 3. The van der Waals surface area contributed by atoms with Gasteiger partial charge in [0.15, 0.2) is 11.6 Å². The summed E-state index contributed by atoms with van der Waals surface area (Å²) < 4.78 is 17.6. The summed E-state index contributed by atoms with van der Waals surface area (Å²) in [6, 6.07) is 4.22. The molecular formula is C32H35Cl2N9O6S. The molecule has 3 amide bonds. The van der Waals surface area contributed by atoms with Gasteiger partial charge in [-0.2, -0.15) is 5.26 Å². The summed E-state index contributed by atoms with van der Waals surface area (Å²) in [7, 11) is 1.86. The SMILES string of the molecule is C[C@@H](Oc1cc(NC(=O)Nc2nc(C(=O)S)c(CN3CCN(C)CC3=O)cc2OCCN2CCOCC2)ncc1C#N)c1c(Cl)cncc1Cl. The van der Waals surface area contributed by atoms with Crippen LogP contribution in [0.25, 0.3) is 0 Å². The summed E-state index contributed by atoms with van der Waals surface area (Å²) >= 11 is 16.6. The Morgan fingerprint density at radius 1 is 1.10 bits per heavy atom. The van der Waals surface area contributed by atoms with Gasteiger partial charge in [-0.15, -0.1) is 0 Å². The fourth-order valence-electron chi connectivity index (χ4n) is 5.35. The Kier molecular flexibility index (Phi) is 12.7. The Bertz CT molecular complexity index is 1770. The molecule has 2 saturated heterocycles. The van der Waals surface area contributed by atoms with Crippen molar-refractivity contribution in [2.45, 2.75) is 19.6 Å². The van der Waals surface area contributed by atoms with E-state index in [1.807, 2.05) is 18.0 Å². The van der Waals surface area contributed by atoms with Crippen LogP contribution in [-0.4, -0.2) is 113 Å². The van der Waals surface area contributed by atoms with Crippen molar-refractivity contribution < 1.29 is 28.6 Å². The Balaban J connectivity index is 1.37. The monoisotopic (exact) mass is 743 g/mol. The van der Waals surface area contributed by atoms with E-state index in [4.69, 9.17) is 37.4 Å². The number of aromatic nitrogens is 3. The number of piperazine rings is 1. The Labute approximate surface area is 304 Å². The molecule has 264 valence electrons. The number of anilines is 2. The average molecular weight is 745 g/mol. The van der Waals surface area contributed by atoms with Crippen molar-refractivity contribution in [1.82, 2.24) is 29.7 Å². The first-order chi connectivity index (χ1) is 24.0. The van der Waals surface area contributed by atoms with Gasteiger partial charge in [-0.05, 0) is 20.0 Å². The van der Waals surface area contributed by atoms with Crippen LogP contribution in [-0.2, 0) is 16.1 Å². The van der Waals surface area contributed by atoms with Crippen LogP contribution in [0.15, 0.2) is 30.7 Å². The number of nitrogens with zero attached hydrogens (tertiary/aromatic N) is 7. The maximum atomic E-state index is 13.3. The van der Waals surface area contributed by atoms with Crippen molar-refractivity contribution >= 4 is 64.5 Å². The molecule has 5 rings (SSSR count). The number of morpholine rings is 1. The van der Waals surface area contributed by atoms with Gasteiger partial charge in [0.2, 0.25) is 11.0 Å². The number of carbonyl (C=O) groups is 3. The molecule has 0 bridgehead atoms. The molecule has 2 aliphatic heterocycles. The highest BCUT2D eigenvalue weighted by Crippen LogP contribution is 2.34. The lowest BCUT2D eigenvalue weighted by molar-refractivity contribution is -0.136. The second kappa shape index (κ2) is 17.1. The maximum Gasteiger partial charge on any atom is 0.326 e. The van der Waals surface area contributed by atoms with Gasteiger partial charge in [0, 0.05) is 68.9 Å². The molecule has 15 nitrogen and oxygen atoms in total. The predicted octanol–water partition coefficient (Wildman–Crippen LogP) is 3.89. The van der Waals surface area contributed by atoms with E-state index in [0.717, 1.165) is 13.1 Å². The minimum atomic E-state index is -0.772. The molecule has 0 radical (unpaired) electrons. The lowest BCUT2D eigenvalue weighted by atomic mass is 10.1. The van der Waals surface area contributed by atoms with E-state index in [9.17, 15) is 19.6 Å². The Morgan fingerprint density at radius 2 is 1.84 bits per heavy atom. The van der Waals surface area contributed by atoms with Crippen LogP contribution in [0.3, 0.4) is 0 Å². The number of rotatable bonds is 12. The number of nitriles is 1. The molecule has 50 heavy (non-hydrogen) atoms. The van der Waals surface area contributed by atoms with E-state index in [2.05, 4.69) is 43.1 Å². The van der Waals surface area contributed by atoms with Crippen molar-refractivity contribution in [2.75, 3.05) is 76.8 Å². The second-order valence-corrected chi connectivity index (χ2v) is 12.8. The van der Waals surface area contributed by atoms with Crippen molar-refractivity contribution in [3.05, 3.63) is 63.2 Å². The largest absolute Gasteiger partial charge is 0.488 e. The van der Waals surface area contributed by atoms with Gasteiger partial charge in [0.25, 0.3) is 0 Å². The standard InChI is InChI=1S/C32H35Cl2N9O6S/c1-19(28-22(33)15-36-16-23(28)34)49-24-12-26(37-14-21(24)13-35)38-32(46)40-30-25(48-10-7-42-5-8-47-9-6-42)11-20(29(39-30)31(45)50)17-43-4-3-41(2)18-27(43)44/h11-12,14-16,19H,3-10,17-18H2,1-2H3,(H,45,50)(H2,37,38,39,40,46)/t19-/m1/s1. The summed E-state index contributed by atoms with van der Waals surface area (Å²) in [4.78, 5) is 57.0. The van der Waals surface area contributed by atoms with E-state index in [1.165, 1.54) is 24.7 Å². The number of ether oxygens (including phenoxy) is 3. The number of hydrogen-bond acceptors (Lipinski definition) is 12. The summed E-state index contributed by atoms with van der Waals surface area (Å²) in [5, 5.41) is 14.8. The van der Waals surface area contributed by atoms with E-state index < -0.39 is 17.3 Å². The zero-order valence-electron chi connectivity index (χ0n) is 27.3. The molecule has 3 aromatic heterocycles. The van der Waals surface area contributed by atoms with Crippen LogP contribution in [0.5, 0.6) is 11.5 Å². The third kappa shape index (κ3) is 9.50. The normalized spacial score (nSPS) is 16.0. The first-order valence-electron chi connectivity index (χ1n) is 15.6. The summed E-state index contributed by atoms with van der Waals surface area (Å²) in [5.74, 6) is 0.217. The molecule has 0 unspecified atom stereocenters. The average Bonchev–Trinajstić information content (AvgIpc) is 3.07. The quantitative estimate of drug-likeness (QED) is 0.229. The lowest BCUT2D eigenvalue weighted by Crippen LogP contribution is -2.48. The smallest absolute Gasteiger partial charge is 0.326 e. The summed E-state index contributed by atoms with van der Waals surface area (Å²) in [5.41, 5.74) is 0.964. The van der Waals surface area contributed by atoms with Crippen molar-refractivity contribution in [3.8, 4) is 17.6 Å². The van der Waals surface area contributed by atoms with Crippen LogP contribution in [0.4, 0.5) is 16.4 Å². The number of likely N-dealkylation sites (N-methyl/N-ethyl adjacent to an activating group) is 1. The highest BCUT2D eigenvalue weighted by atomic mass is 35.5. The first kappa shape index (κ1) is 37.0. The molecule has 2 N–H and O–H groups in total. The fraction of sp³-hybridized carbons (Fsp3) is 0.406. The predicted molar refractivity (Wildman–Crippen MR) is 188 cm³/mol. The minimum absolute atomic E-state index is 0.0366. The zero-order valence-corrected chi connectivity index (χ0v) is 29.7. The van der Waals surface area contributed by atoms with Crippen LogP contribution < -0.4 is 20.1 Å². The van der Waals surface area contributed by atoms with E-state index >= 15 is 0 Å². The van der Waals surface area contributed by atoms with E-state index in [1.54, 1.807) is 17.9 Å².